The number of likely N-dealkylation sites (N-methyl/N-ethyl adjacent to an activating group) is 1. The lowest BCUT2D eigenvalue weighted by atomic mass is 9.87. The van der Waals surface area contributed by atoms with Crippen molar-refractivity contribution in [2.75, 3.05) is 20.2 Å². The number of carbonyl (C=O) groups excluding carboxylic acids is 2. The Morgan fingerprint density at radius 1 is 1.03 bits per heavy atom. The molecule has 7 nitrogen and oxygen atoms in total. The van der Waals surface area contributed by atoms with E-state index in [1.807, 2.05) is 24.3 Å². The molecule has 0 spiro atoms. The molecule has 7 heteroatoms. The molecule has 0 aliphatic heterocycles. The van der Waals surface area contributed by atoms with Crippen LogP contribution in [0.25, 0.3) is 11.1 Å². The number of hydrogen-bond acceptors (Lipinski definition) is 4. The molecule has 2 aromatic rings. The number of nitrogens with zero attached hydrogens (tertiary/aromatic N) is 1. The van der Waals surface area contributed by atoms with Gasteiger partial charge in [0.05, 0.1) is 0 Å². The minimum Gasteiger partial charge on any atom is -0.480 e. The quantitative estimate of drug-likeness (QED) is 0.547. The number of benzene rings is 2. The van der Waals surface area contributed by atoms with Crippen molar-refractivity contribution >= 4 is 18.0 Å². The zero-order valence-electron chi connectivity index (χ0n) is 20.4. The normalized spacial score (nSPS) is 16.7. The highest BCUT2D eigenvalue weighted by Crippen LogP contribution is 2.44. The molecule has 2 aliphatic rings. The van der Waals surface area contributed by atoms with Gasteiger partial charge in [0, 0.05) is 25.9 Å². The fraction of sp³-hybridized carbons (Fsp3) is 0.464. The Kier molecular flexibility index (Phi) is 7.73. The molecule has 1 saturated carbocycles. The fourth-order valence-electron chi connectivity index (χ4n) is 5.45. The van der Waals surface area contributed by atoms with E-state index in [4.69, 9.17) is 4.74 Å². The third kappa shape index (κ3) is 5.50. The SMILES string of the molecule is CC(C(=O)O)N(C)C(=O)CC(CNC(=O)OCC1c2ccccc2-c2ccccc21)C1CCCC1. The summed E-state index contributed by atoms with van der Waals surface area (Å²) in [6, 6.07) is 15.5. The zero-order chi connectivity index (χ0) is 24.9. The van der Waals surface area contributed by atoms with Crippen molar-refractivity contribution in [3.8, 4) is 11.1 Å². The molecule has 4 rings (SSSR count). The van der Waals surface area contributed by atoms with Gasteiger partial charge in [0.15, 0.2) is 0 Å². The molecule has 0 bridgehead atoms. The molecule has 2 amide bonds. The predicted octanol–water partition coefficient (Wildman–Crippen LogP) is 4.65. The Hall–Kier alpha value is -3.35. The van der Waals surface area contributed by atoms with Crippen LogP contribution < -0.4 is 5.32 Å². The number of rotatable bonds is 9. The first-order chi connectivity index (χ1) is 16.9. The molecule has 2 atom stereocenters. The van der Waals surface area contributed by atoms with Gasteiger partial charge < -0.3 is 20.1 Å². The van der Waals surface area contributed by atoms with Crippen LogP contribution in [0.5, 0.6) is 0 Å². The highest BCUT2D eigenvalue weighted by atomic mass is 16.5. The van der Waals surface area contributed by atoms with Crippen LogP contribution in [0, 0.1) is 11.8 Å². The lowest BCUT2D eigenvalue weighted by Crippen LogP contribution is -2.42. The average Bonchev–Trinajstić information content (AvgIpc) is 3.51. The summed E-state index contributed by atoms with van der Waals surface area (Å²) in [5.41, 5.74) is 4.67. The van der Waals surface area contributed by atoms with E-state index in [1.165, 1.54) is 30.0 Å². The molecule has 1 fully saturated rings. The Bertz CT molecular complexity index is 1030. The summed E-state index contributed by atoms with van der Waals surface area (Å²) in [6.45, 7) is 2.08. The third-order valence-corrected chi connectivity index (χ3v) is 7.69. The van der Waals surface area contributed by atoms with Crippen molar-refractivity contribution in [2.24, 2.45) is 11.8 Å². The van der Waals surface area contributed by atoms with Gasteiger partial charge >= 0.3 is 12.1 Å². The highest BCUT2D eigenvalue weighted by Gasteiger charge is 2.32. The number of fused-ring (bicyclic) bond motifs is 3. The summed E-state index contributed by atoms with van der Waals surface area (Å²) in [4.78, 5) is 38.0. The molecular formula is C28H34N2O5. The zero-order valence-corrected chi connectivity index (χ0v) is 20.4. The van der Waals surface area contributed by atoms with Crippen LogP contribution in [0.3, 0.4) is 0 Å². The van der Waals surface area contributed by atoms with Gasteiger partial charge in [-0.25, -0.2) is 9.59 Å². The molecule has 0 heterocycles. The molecule has 2 unspecified atom stereocenters. The molecule has 0 saturated heterocycles. The molecule has 2 aliphatic carbocycles. The van der Waals surface area contributed by atoms with Crippen LogP contribution in [0.2, 0.25) is 0 Å². The summed E-state index contributed by atoms with van der Waals surface area (Å²) in [5, 5.41) is 12.1. The second-order valence-electron chi connectivity index (χ2n) is 9.73. The third-order valence-electron chi connectivity index (χ3n) is 7.69. The Balaban J connectivity index is 1.35. The van der Waals surface area contributed by atoms with Crippen molar-refractivity contribution < 1.29 is 24.2 Å². The minimum atomic E-state index is -1.03. The molecular weight excluding hydrogens is 444 g/mol. The van der Waals surface area contributed by atoms with Gasteiger partial charge in [0.1, 0.15) is 12.6 Å². The molecule has 2 aromatic carbocycles. The van der Waals surface area contributed by atoms with E-state index in [1.54, 1.807) is 0 Å². The Morgan fingerprint density at radius 3 is 2.17 bits per heavy atom. The number of carbonyl (C=O) groups is 3. The van der Waals surface area contributed by atoms with Gasteiger partial charge in [-0.1, -0.05) is 74.2 Å². The summed E-state index contributed by atoms with van der Waals surface area (Å²) in [6.07, 6.45) is 3.98. The van der Waals surface area contributed by atoms with Gasteiger partial charge in [0.2, 0.25) is 5.91 Å². The molecule has 35 heavy (non-hydrogen) atoms. The average molecular weight is 479 g/mol. The van der Waals surface area contributed by atoms with Gasteiger partial charge in [-0.15, -0.1) is 0 Å². The number of amides is 2. The van der Waals surface area contributed by atoms with Crippen LogP contribution in [0.15, 0.2) is 48.5 Å². The summed E-state index contributed by atoms with van der Waals surface area (Å²) < 4.78 is 5.65. The lowest BCUT2D eigenvalue weighted by molar-refractivity contribution is -0.148. The lowest BCUT2D eigenvalue weighted by Gasteiger charge is -2.27. The van der Waals surface area contributed by atoms with Crippen molar-refractivity contribution in [1.82, 2.24) is 10.2 Å². The first kappa shape index (κ1) is 24.8. The van der Waals surface area contributed by atoms with Gasteiger partial charge in [0.25, 0.3) is 0 Å². The van der Waals surface area contributed by atoms with Crippen molar-refractivity contribution in [1.29, 1.82) is 0 Å². The smallest absolute Gasteiger partial charge is 0.407 e. The summed E-state index contributed by atoms with van der Waals surface area (Å²) in [5.74, 6) is -0.969. The van der Waals surface area contributed by atoms with E-state index >= 15 is 0 Å². The van der Waals surface area contributed by atoms with E-state index in [0.717, 1.165) is 36.8 Å². The largest absolute Gasteiger partial charge is 0.480 e. The maximum absolute atomic E-state index is 12.8. The van der Waals surface area contributed by atoms with Crippen LogP contribution in [0.1, 0.15) is 56.1 Å². The van der Waals surface area contributed by atoms with E-state index in [9.17, 15) is 19.5 Å². The van der Waals surface area contributed by atoms with Crippen molar-refractivity contribution in [2.45, 2.75) is 51.0 Å². The fourth-order valence-corrected chi connectivity index (χ4v) is 5.45. The van der Waals surface area contributed by atoms with Crippen molar-refractivity contribution in [3.05, 3.63) is 59.7 Å². The van der Waals surface area contributed by atoms with Gasteiger partial charge in [-0.3, -0.25) is 4.79 Å². The Morgan fingerprint density at radius 2 is 1.60 bits per heavy atom. The minimum absolute atomic E-state index is 0.00786. The van der Waals surface area contributed by atoms with Crippen LogP contribution >= 0.6 is 0 Å². The monoisotopic (exact) mass is 478 g/mol. The van der Waals surface area contributed by atoms with Crippen molar-refractivity contribution in [3.63, 3.8) is 0 Å². The Labute approximate surface area is 206 Å². The number of alkyl carbamates (subject to hydrolysis) is 1. The van der Waals surface area contributed by atoms with E-state index in [-0.39, 0.29) is 30.8 Å². The molecule has 0 aromatic heterocycles. The topological polar surface area (TPSA) is 95.9 Å². The number of hydrogen-bond donors (Lipinski definition) is 2. The van der Waals surface area contributed by atoms with E-state index in [0.29, 0.717) is 12.5 Å². The summed E-state index contributed by atoms with van der Waals surface area (Å²) >= 11 is 0. The number of carboxylic acid groups (broad SMARTS) is 1. The molecule has 2 N–H and O–H groups in total. The highest BCUT2D eigenvalue weighted by molar-refractivity contribution is 5.83. The number of aliphatic carboxylic acids is 1. The summed E-state index contributed by atoms with van der Waals surface area (Å²) in [7, 11) is 1.52. The maximum atomic E-state index is 12.8. The molecule has 186 valence electrons. The van der Waals surface area contributed by atoms with E-state index in [2.05, 4.69) is 29.6 Å². The van der Waals surface area contributed by atoms with Crippen LogP contribution in [-0.2, 0) is 14.3 Å². The first-order valence-electron chi connectivity index (χ1n) is 12.4. The second kappa shape index (κ2) is 10.9. The van der Waals surface area contributed by atoms with Gasteiger partial charge in [-0.05, 0) is 41.0 Å². The number of carboxylic acids is 1. The predicted molar refractivity (Wildman–Crippen MR) is 133 cm³/mol. The standard InChI is InChI=1S/C28H34N2O5/c1-18(27(32)33)30(2)26(31)15-20(19-9-3-4-10-19)16-29-28(34)35-17-25-23-13-7-5-11-21(23)22-12-6-8-14-24(22)25/h5-8,11-14,18-20,25H,3-4,9-10,15-17H2,1-2H3,(H,29,34)(H,32,33). The van der Waals surface area contributed by atoms with Gasteiger partial charge in [-0.2, -0.15) is 0 Å². The second-order valence-corrected chi connectivity index (χ2v) is 9.73. The maximum Gasteiger partial charge on any atom is 0.407 e. The van der Waals surface area contributed by atoms with Crippen LogP contribution in [-0.4, -0.2) is 54.2 Å². The molecule has 0 radical (unpaired) electrons. The number of nitrogens with one attached hydrogen (secondary N) is 1. The van der Waals surface area contributed by atoms with Crippen LogP contribution in [0.4, 0.5) is 4.79 Å². The number of ether oxygens (including phenoxy) is 1. The van der Waals surface area contributed by atoms with E-state index < -0.39 is 18.1 Å². The first-order valence-corrected chi connectivity index (χ1v) is 12.4.